The Morgan fingerprint density at radius 2 is 1.83 bits per heavy atom. The maximum atomic E-state index is 11.4. The van der Waals surface area contributed by atoms with Crippen LogP contribution in [0.3, 0.4) is 0 Å². The van der Waals surface area contributed by atoms with Gasteiger partial charge in [0, 0.05) is 6.54 Å². The molecule has 18 heavy (non-hydrogen) atoms. The molecule has 0 spiro atoms. The van der Waals surface area contributed by atoms with Crippen molar-refractivity contribution in [1.82, 2.24) is 10.6 Å². The highest BCUT2D eigenvalue weighted by Gasteiger charge is 2.07. The molecule has 5 nitrogen and oxygen atoms in total. The van der Waals surface area contributed by atoms with E-state index in [4.69, 9.17) is 4.74 Å². The van der Waals surface area contributed by atoms with Crippen LogP contribution in [0.2, 0.25) is 0 Å². The molecule has 0 saturated carbocycles. The molecule has 0 saturated heterocycles. The second-order valence-corrected chi connectivity index (χ2v) is 4.07. The molecule has 0 radical (unpaired) electrons. The summed E-state index contributed by atoms with van der Waals surface area (Å²) in [6.45, 7) is 3.85. The predicted molar refractivity (Wildman–Crippen MR) is 67.9 cm³/mol. The van der Waals surface area contributed by atoms with Crippen LogP contribution in [-0.4, -0.2) is 24.6 Å². The van der Waals surface area contributed by atoms with E-state index < -0.39 is 6.09 Å². The minimum atomic E-state index is -0.583. The van der Waals surface area contributed by atoms with Crippen molar-refractivity contribution in [3.63, 3.8) is 0 Å². The average Bonchev–Trinajstić information content (AvgIpc) is 2.34. The van der Waals surface area contributed by atoms with Crippen LogP contribution in [0, 0.1) is 0 Å². The van der Waals surface area contributed by atoms with Crippen LogP contribution in [0.5, 0.6) is 0 Å². The van der Waals surface area contributed by atoms with Crippen molar-refractivity contribution >= 4 is 12.0 Å². The van der Waals surface area contributed by atoms with Crippen LogP contribution in [0.1, 0.15) is 19.4 Å². The summed E-state index contributed by atoms with van der Waals surface area (Å²) in [7, 11) is 0. The second-order valence-electron chi connectivity index (χ2n) is 4.07. The fraction of sp³-hybridized carbons (Fsp3) is 0.385. The Kier molecular flexibility index (Phi) is 5.70. The van der Waals surface area contributed by atoms with Crippen molar-refractivity contribution in [3.8, 4) is 0 Å². The first-order valence-electron chi connectivity index (χ1n) is 5.83. The van der Waals surface area contributed by atoms with Crippen molar-refractivity contribution in [2.45, 2.75) is 26.5 Å². The van der Waals surface area contributed by atoms with Gasteiger partial charge in [-0.25, -0.2) is 4.79 Å². The van der Waals surface area contributed by atoms with Gasteiger partial charge in [0.2, 0.25) is 5.91 Å². The molecule has 0 fully saturated rings. The number of rotatable bonds is 5. The lowest BCUT2D eigenvalue weighted by Gasteiger charge is -2.09. The summed E-state index contributed by atoms with van der Waals surface area (Å²) in [6.07, 6.45) is -0.780. The van der Waals surface area contributed by atoms with Gasteiger partial charge in [-0.2, -0.15) is 0 Å². The largest absolute Gasteiger partial charge is 0.447 e. The van der Waals surface area contributed by atoms with Gasteiger partial charge in [0.1, 0.15) is 6.54 Å². The Morgan fingerprint density at radius 3 is 2.44 bits per heavy atom. The van der Waals surface area contributed by atoms with Gasteiger partial charge >= 0.3 is 6.09 Å². The number of amides is 2. The zero-order valence-corrected chi connectivity index (χ0v) is 10.6. The maximum absolute atomic E-state index is 11.4. The molecule has 1 aromatic rings. The van der Waals surface area contributed by atoms with E-state index in [0.717, 1.165) is 5.56 Å². The average molecular weight is 250 g/mol. The van der Waals surface area contributed by atoms with Crippen LogP contribution >= 0.6 is 0 Å². The van der Waals surface area contributed by atoms with Crippen LogP contribution in [-0.2, 0) is 16.1 Å². The predicted octanol–water partition coefficient (Wildman–Crippen LogP) is 1.44. The molecule has 1 aromatic carbocycles. The van der Waals surface area contributed by atoms with Crippen LogP contribution < -0.4 is 10.6 Å². The number of benzene rings is 1. The van der Waals surface area contributed by atoms with Crippen molar-refractivity contribution in [2.75, 3.05) is 6.54 Å². The molecule has 0 aliphatic carbocycles. The molecule has 0 bridgehead atoms. The normalized spacial score (nSPS) is 9.94. The number of ether oxygens (including phenoxy) is 1. The standard InChI is InChI=1S/C13H18N2O3/c1-10(2)18-13(17)15-9-12(16)14-8-11-6-4-3-5-7-11/h3-7,10H,8-9H2,1-2H3,(H,14,16)(H,15,17). The Labute approximate surface area is 107 Å². The number of nitrogens with one attached hydrogen (secondary N) is 2. The lowest BCUT2D eigenvalue weighted by atomic mass is 10.2. The summed E-state index contributed by atoms with van der Waals surface area (Å²) in [5.41, 5.74) is 1.01. The molecule has 2 N–H and O–H groups in total. The highest BCUT2D eigenvalue weighted by atomic mass is 16.6. The van der Waals surface area contributed by atoms with E-state index >= 15 is 0 Å². The fourth-order valence-electron chi connectivity index (χ4n) is 1.27. The van der Waals surface area contributed by atoms with Gasteiger partial charge in [0.05, 0.1) is 6.10 Å². The molecule has 1 rings (SSSR count). The summed E-state index contributed by atoms with van der Waals surface area (Å²) in [5, 5.41) is 5.08. The number of alkyl carbamates (subject to hydrolysis) is 1. The molecule has 0 heterocycles. The van der Waals surface area contributed by atoms with Gasteiger partial charge in [0.25, 0.3) is 0 Å². The van der Waals surface area contributed by atoms with E-state index in [2.05, 4.69) is 10.6 Å². The molecular formula is C13H18N2O3. The molecule has 2 amide bonds. The number of hydrogen-bond donors (Lipinski definition) is 2. The van der Waals surface area contributed by atoms with Crippen molar-refractivity contribution in [3.05, 3.63) is 35.9 Å². The number of carbonyl (C=O) groups is 2. The topological polar surface area (TPSA) is 67.4 Å². The van der Waals surface area contributed by atoms with Crippen molar-refractivity contribution in [1.29, 1.82) is 0 Å². The molecule has 0 atom stereocenters. The Hall–Kier alpha value is -2.04. The smallest absolute Gasteiger partial charge is 0.407 e. The van der Waals surface area contributed by atoms with Crippen LogP contribution in [0.15, 0.2) is 30.3 Å². The van der Waals surface area contributed by atoms with E-state index in [-0.39, 0.29) is 18.6 Å². The van der Waals surface area contributed by atoms with Gasteiger partial charge < -0.3 is 15.4 Å². The number of carbonyl (C=O) groups excluding carboxylic acids is 2. The fourth-order valence-corrected chi connectivity index (χ4v) is 1.27. The third-order valence-electron chi connectivity index (χ3n) is 2.07. The zero-order chi connectivity index (χ0) is 13.4. The monoisotopic (exact) mass is 250 g/mol. The highest BCUT2D eigenvalue weighted by molar-refractivity contribution is 5.82. The minimum Gasteiger partial charge on any atom is -0.447 e. The molecule has 5 heteroatoms. The third-order valence-corrected chi connectivity index (χ3v) is 2.07. The lowest BCUT2D eigenvalue weighted by Crippen LogP contribution is -2.37. The minimum absolute atomic E-state index is 0.0849. The Balaban J connectivity index is 2.20. The summed E-state index contributed by atoms with van der Waals surface area (Å²) in [6, 6.07) is 9.55. The van der Waals surface area contributed by atoms with E-state index in [1.54, 1.807) is 13.8 Å². The van der Waals surface area contributed by atoms with Crippen molar-refractivity contribution < 1.29 is 14.3 Å². The summed E-state index contributed by atoms with van der Waals surface area (Å²) in [4.78, 5) is 22.5. The first-order valence-corrected chi connectivity index (χ1v) is 5.83. The highest BCUT2D eigenvalue weighted by Crippen LogP contribution is 1.96. The third kappa shape index (κ3) is 5.89. The van der Waals surface area contributed by atoms with Crippen molar-refractivity contribution in [2.24, 2.45) is 0 Å². The number of hydrogen-bond acceptors (Lipinski definition) is 3. The quantitative estimate of drug-likeness (QED) is 0.831. The molecule has 0 unspecified atom stereocenters. The Bertz CT molecular complexity index is 390. The van der Waals surface area contributed by atoms with Gasteiger partial charge in [-0.15, -0.1) is 0 Å². The lowest BCUT2D eigenvalue weighted by molar-refractivity contribution is -0.120. The summed E-state index contributed by atoms with van der Waals surface area (Å²) < 4.78 is 4.83. The first-order chi connectivity index (χ1) is 8.58. The van der Waals surface area contributed by atoms with Crippen LogP contribution in [0.25, 0.3) is 0 Å². The van der Waals surface area contributed by atoms with Gasteiger partial charge in [-0.05, 0) is 19.4 Å². The van der Waals surface area contributed by atoms with E-state index in [0.29, 0.717) is 6.54 Å². The second kappa shape index (κ2) is 7.32. The van der Waals surface area contributed by atoms with Gasteiger partial charge in [-0.3, -0.25) is 4.79 Å². The summed E-state index contributed by atoms with van der Waals surface area (Å²) >= 11 is 0. The molecule has 0 aromatic heterocycles. The van der Waals surface area contributed by atoms with E-state index in [1.165, 1.54) is 0 Å². The van der Waals surface area contributed by atoms with E-state index in [9.17, 15) is 9.59 Å². The maximum Gasteiger partial charge on any atom is 0.407 e. The molecule has 0 aliphatic heterocycles. The SMILES string of the molecule is CC(C)OC(=O)NCC(=O)NCc1ccccc1. The Morgan fingerprint density at radius 1 is 1.17 bits per heavy atom. The molecular weight excluding hydrogens is 232 g/mol. The molecule has 0 aliphatic rings. The van der Waals surface area contributed by atoms with Gasteiger partial charge in [-0.1, -0.05) is 30.3 Å². The first kappa shape index (κ1) is 14.0. The van der Waals surface area contributed by atoms with Crippen LogP contribution in [0.4, 0.5) is 4.79 Å². The zero-order valence-electron chi connectivity index (χ0n) is 10.6. The van der Waals surface area contributed by atoms with Gasteiger partial charge in [0.15, 0.2) is 0 Å². The summed E-state index contributed by atoms with van der Waals surface area (Å²) in [5.74, 6) is -0.250. The van der Waals surface area contributed by atoms with E-state index in [1.807, 2.05) is 30.3 Å². The molecule has 98 valence electrons.